The molecule has 0 saturated heterocycles. The van der Waals surface area contributed by atoms with Crippen LogP contribution in [-0.4, -0.2) is 18.5 Å². The molecule has 1 aromatic heterocycles. The van der Waals surface area contributed by atoms with Gasteiger partial charge >= 0.3 is 0 Å². The second-order valence-corrected chi connectivity index (χ2v) is 5.32. The van der Waals surface area contributed by atoms with E-state index in [2.05, 4.69) is 34.2 Å². The number of rotatable bonds is 4. The zero-order chi connectivity index (χ0) is 11.7. The Hall–Kier alpha value is -1.55. The molecule has 1 saturated carbocycles. The SMILES string of the molecule is O=C(CNc1ccc2sccc2c1)NC1CC1. The smallest absolute Gasteiger partial charge is 0.239 e. The van der Waals surface area contributed by atoms with Gasteiger partial charge in [0.1, 0.15) is 0 Å². The maximum Gasteiger partial charge on any atom is 0.239 e. The van der Waals surface area contributed by atoms with Crippen LogP contribution in [0.3, 0.4) is 0 Å². The summed E-state index contributed by atoms with van der Waals surface area (Å²) < 4.78 is 1.28. The highest BCUT2D eigenvalue weighted by Crippen LogP contribution is 2.24. The molecule has 88 valence electrons. The molecule has 0 radical (unpaired) electrons. The Bertz CT molecular complexity index is 545. The first-order valence-corrected chi connectivity index (χ1v) is 6.70. The van der Waals surface area contributed by atoms with Gasteiger partial charge in [0, 0.05) is 16.4 Å². The lowest BCUT2D eigenvalue weighted by atomic mass is 10.2. The summed E-state index contributed by atoms with van der Waals surface area (Å²) in [7, 11) is 0. The molecule has 0 bridgehead atoms. The van der Waals surface area contributed by atoms with E-state index in [1.165, 1.54) is 10.1 Å². The van der Waals surface area contributed by atoms with E-state index in [4.69, 9.17) is 0 Å². The molecule has 2 N–H and O–H groups in total. The van der Waals surface area contributed by atoms with Crippen LogP contribution in [0, 0.1) is 0 Å². The zero-order valence-electron chi connectivity index (χ0n) is 9.40. The third kappa shape index (κ3) is 2.58. The summed E-state index contributed by atoms with van der Waals surface area (Å²) in [5, 5.41) is 9.41. The standard InChI is InChI=1S/C13H14N2OS/c16-13(15-10-1-2-10)8-14-11-3-4-12-9(7-11)5-6-17-12/h3-7,10,14H,1-2,8H2,(H,15,16). The molecule has 1 aliphatic rings. The minimum absolute atomic E-state index is 0.0814. The Balaban J connectivity index is 1.61. The number of carbonyl (C=O) groups excluding carboxylic acids is 1. The van der Waals surface area contributed by atoms with Crippen molar-refractivity contribution in [1.82, 2.24) is 5.32 Å². The summed E-state index contributed by atoms with van der Waals surface area (Å²) in [5.74, 6) is 0.0814. The van der Waals surface area contributed by atoms with Gasteiger partial charge in [0.05, 0.1) is 6.54 Å². The summed E-state index contributed by atoms with van der Waals surface area (Å²) in [6.07, 6.45) is 2.26. The fourth-order valence-electron chi connectivity index (χ4n) is 1.77. The second-order valence-electron chi connectivity index (χ2n) is 4.37. The normalized spacial score (nSPS) is 14.8. The number of hydrogen-bond donors (Lipinski definition) is 2. The van der Waals surface area contributed by atoms with Gasteiger partial charge in [-0.1, -0.05) is 0 Å². The van der Waals surface area contributed by atoms with Gasteiger partial charge in [-0.2, -0.15) is 0 Å². The number of benzene rings is 1. The van der Waals surface area contributed by atoms with Crippen molar-refractivity contribution in [3.63, 3.8) is 0 Å². The molecular weight excluding hydrogens is 232 g/mol. The quantitative estimate of drug-likeness (QED) is 0.870. The summed E-state index contributed by atoms with van der Waals surface area (Å²) in [6, 6.07) is 8.71. The van der Waals surface area contributed by atoms with E-state index in [1.54, 1.807) is 11.3 Å². The number of carbonyl (C=O) groups is 1. The minimum Gasteiger partial charge on any atom is -0.376 e. The van der Waals surface area contributed by atoms with Gasteiger partial charge in [-0.05, 0) is 47.9 Å². The van der Waals surface area contributed by atoms with Gasteiger partial charge in [0.2, 0.25) is 5.91 Å². The lowest BCUT2D eigenvalue weighted by Crippen LogP contribution is -2.31. The Morgan fingerprint density at radius 2 is 2.24 bits per heavy atom. The topological polar surface area (TPSA) is 41.1 Å². The first-order chi connectivity index (χ1) is 8.31. The highest BCUT2D eigenvalue weighted by Gasteiger charge is 2.22. The summed E-state index contributed by atoms with van der Waals surface area (Å²) in [6.45, 7) is 0.353. The van der Waals surface area contributed by atoms with Crippen molar-refractivity contribution in [2.45, 2.75) is 18.9 Å². The summed E-state index contributed by atoms with van der Waals surface area (Å²) >= 11 is 1.73. The molecule has 3 rings (SSSR count). The zero-order valence-corrected chi connectivity index (χ0v) is 10.2. The summed E-state index contributed by atoms with van der Waals surface area (Å²) in [4.78, 5) is 11.5. The van der Waals surface area contributed by atoms with E-state index in [-0.39, 0.29) is 5.91 Å². The molecule has 1 aromatic carbocycles. The maximum absolute atomic E-state index is 11.5. The molecule has 1 aliphatic carbocycles. The van der Waals surface area contributed by atoms with Crippen molar-refractivity contribution in [2.24, 2.45) is 0 Å². The van der Waals surface area contributed by atoms with Crippen LogP contribution in [0.15, 0.2) is 29.6 Å². The van der Waals surface area contributed by atoms with Crippen LogP contribution in [0.1, 0.15) is 12.8 Å². The van der Waals surface area contributed by atoms with E-state index >= 15 is 0 Å². The van der Waals surface area contributed by atoms with Crippen LogP contribution in [0.5, 0.6) is 0 Å². The third-order valence-corrected chi connectivity index (χ3v) is 3.75. The fourth-order valence-corrected chi connectivity index (χ4v) is 2.54. The Morgan fingerprint density at radius 3 is 3.06 bits per heavy atom. The van der Waals surface area contributed by atoms with E-state index in [0.717, 1.165) is 18.5 Å². The molecule has 2 aromatic rings. The van der Waals surface area contributed by atoms with Crippen molar-refractivity contribution in [1.29, 1.82) is 0 Å². The van der Waals surface area contributed by atoms with E-state index < -0.39 is 0 Å². The Kier molecular flexibility index (Phi) is 2.73. The van der Waals surface area contributed by atoms with E-state index in [1.807, 2.05) is 6.07 Å². The molecule has 4 heteroatoms. The molecule has 0 aliphatic heterocycles. The van der Waals surface area contributed by atoms with Crippen molar-refractivity contribution in [2.75, 3.05) is 11.9 Å². The molecule has 0 spiro atoms. The molecular formula is C13H14N2OS. The number of anilines is 1. The number of thiophene rings is 1. The fraction of sp³-hybridized carbons (Fsp3) is 0.308. The predicted molar refractivity (Wildman–Crippen MR) is 71.5 cm³/mol. The van der Waals surface area contributed by atoms with Gasteiger partial charge in [-0.25, -0.2) is 0 Å². The van der Waals surface area contributed by atoms with Gasteiger partial charge in [-0.15, -0.1) is 11.3 Å². The average Bonchev–Trinajstić information content (AvgIpc) is 3.01. The van der Waals surface area contributed by atoms with Gasteiger partial charge < -0.3 is 10.6 Å². The van der Waals surface area contributed by atoms with Crippen molar-refractivity contribution in [3.05, 3.63) is 29.6 Å². The van der Waals surface area contributed by atoms with Crippen LogP contribution in [0.2, 0.25) is 0 Å². The van der Waals surface area contributed by atoms with Crippen LogP contribution >= 0.6 is 11.3 Å². The molecule has 3 nitrogen and oxygen atoms in total. The first-order valence-electron chi connectivity index (χ1n) is 5.82. The Morgan fingerprint density at radius 1 is 1.35 bits per heavy atom. The van der Waals surface area contributed by atoms with Crippen LogP contribution in [0.4, 0.5) is 5.69 Å². The lowest BCUT2D eigenvalue weighted by Gasteiger charge is -2.06. The first kappa shape index (κ1) is 10.6. The lowest BCUT2D eigenvalue weighted by molar-refractivity contribution is -0.119. The number of hydrogen-bond acceptors (Lipinski definition) is 3. The maximum atomic E-state index is 11.5. The molecule has 1 heterocycles. The highest BCUT2D eigenvalue weighted by atomic mass is 32.1. The van der Waals surface area contributed by atoms with Crippen LogP contribution < -0.4 is 10.6 Å². The van der Waals surface area contributed by atoms with Crippen molar-refractivity contribution < 1.29 is 4.79 Å². The highest BCUT2D eigenvalue weighted by molar-refractivity contribution is 7.17. The van der Waals surface area contributed by atoms with E-state index in [9.17, 15) is 4.79 Å². The molecule has 1 fully saturated rings. The predicted octanol–water partition coefficient (Wildman–Crippen LogP) is 2.59. The average molecular weight is 246 g/mol. The van der Waals surface area contributed by atoms with Crippen LogP contribution in [-0.2, 0) is 4.79 Å². The largest absolute Gasteiger partial charge is 0.376 e. The molecule has 0 atom stereocenters. The van der Waals surface area contributed by atoms with Crippen molar-refractivity contribution in [3.8, 4) is 0 Å². The molecule has 1 amide bonds. The van der Waals surface area contributed by atoms with Gasteiger partial charge in [-0.3, -0.25) is 4.79 Å². The summed E-state index contributed by atoms with van der Waals surface area (Å²) in [5.41, 5.74) is 1.00. The molecule has 17 heavy (non-hydrogen) atoms. The third-order valence-electron chi connectivity index (χ3n) is 2.85. The Labute approximate surface area is 104 Å². The monoisotopic (exact) mass is 246 g/mol. The van der Waals surface area contributed by atoms with Crippen molar-refractivity contribution >= 4 is 33.0 Å². The number of nitrogens with one attached hydrogen (secondary N) is 2. The van der Waals surface area contributed by atoms with Gasteiger partial charge in [0.25, 0.3) is 0 Å². The second kappa shape index (κ2) is 4.37. The van der Waals surface area contributed by atoms with Crippen LogP contribution in [0.25, 0.3) is 10.1 Å². The number of fused-ring (bicyclic) bond motifs is 1. The van der Waals surface area contributed by atoms with E-state index in [0.29, 0.717) is 12.6 Å². The minimum atomic E-state index is 0.0814. The molecule has 0 unspecified atom stereocenters. The number of amides is 1. The van der Waals surface area contributed by atoms with Gasteiger partial charge in [0.15, 0.2) is 0 Å².